The first-order valence-corrected chi connectivity index (χ1v) is 8.21. The summed E-state index contributed by atoms with van der Waals surface area (Å²) in [4.78, 5) is 15.4. The molecule has 1 fully saturated rings. The molecule has 1 aliphatic heterocycles. The van der Waals surface area contributed by atoms with Gasteiger partial charge in [0.2, 0.25) is 5.91 Å². The van der Waals surface area contributed by atoms with Crippen LogP contribution in [0.5, 0.6) is 5.75 Å². The lowest BCUT2D eigenvalue weighted by Crippen LogP contribution is -2.54. The molecule has 1 amide bonds. The molecule has 0 bridgehead atoms. The summed E-state index contributed by atoms with van der Waals surface area (Å²) < 4.78 is 5.13. The minimum absolute atomic E-state index is 0. The van der Waals surface area contributed by atoms with Crippen molar-refractivity contribution in [1.82, 2.24) is 4.90 Å². The Labute approximate surface area is 143 Å². The predicted octanol–water partition coefficient (Wildman–Crippen LogP) is 2.79. The molecule has 1 aliphatic rings. The van der Waals surface area contributed by atoms with Crippen LogP contribution in [0.4, 0.5) is 0 Å². The molecule has 22 heavy (non-hydrogen) atoms. The van der Waals surface area contributed by atoms with Gasteiger partial charge in [-0.1, -0.05) is 13.8 Å². The molecule has 0 saturated carbocycles. The standard InChI is InChI=1S/C16H24N2O2S.ClH/c1-16(2)11-18(9-8-14(16)17)15(19)10-21-13-6-4-12(20-3)5-7-13;/h4-7,14H,8-11,17H2,1-3H3;1H. The van der Waals surface area contributed by atoms with Gasteiger partial charge in [0.1, 0.15) is 5.75 Å². The molecule has 0 spiro atoms. The summed E-state index contributed by atoms with van der Waals surface area (Å²) in [6.07, 6.45) is 0.881. The molecular formula is C16H25ClN2O2S. The Morgan fingerprint density at radius 1 is 1.41 bits per heavy atom. The number of ether oxygens (including phenoxy) is 1. The zero-order chi connectivity index (χ0) is 15.5. The van der Waals surface area contributed by atoms with Crippen molar-refractivity contribution in [2.45, 2.75) is 31.2 Å². The van der Waals surface area contributed by atoms with Crippen LogP contribution in [-0.4, -0.2) is 42.8 Å². The predicted molar refractivity (Wildman–Crippen MR) is 93.9 cm³/mol. The summed E-state index contributed by atoms with van der Waals surface area (Å²) in [7, 11) is 1.65. The molecule has 1 saturated heterocycles. The van der Waals surface area contributed by atoms with Crippen LogP contribution in [0.15, 0.2) is 29.2 Å². The highest BCUT2D eigenvalue weighted by Crippen LogP contribution is 2.29. The van der Waals surface area contributed by atoms with Crippen molar-refractivity contribution < 1.29 is 9.53 Å². The highest BCUT2D eigenvalue weighted by Gasteiger charge is 2.35. The Morgan fingerprint density at radius 3 is 2.59 bits per heavy atom. The van der Waals surface area contributed by atoms with Crippen LogP contribution >= 0.6 is 24.2 Å². The third-order valence-electron chi connectivity index (χ3n) is 4.09. The van der Waals surface area contributed by atoms with Crippen molar-refractivity contribution in [1.29, 1.82) is 0 Å². The van der Waals surface area contributed by atoms with Gasteiger partial charge in [-0.15, -0.1) is 24.2 Å². The number of hydrogen-bond donors (Lipinski definition) is 1. The van der Waals surface area contributed by atoms with Gasteiger partial charge in [-0.3, -0.25) is 4.79 Å². The smallest absolute Gasteiger partial charge is 0.232 e. The van der Waals surface area contributed by atoms with Gasteiger partial charge < -0.3 is 15.4 Å². The minimum atomic E-state index is -0.00130. The number of benzene rings is 1. The normalized spacial score (nSPS) is 20.2. The van der Waals surface area contributed by atoms with Crippen LogP contribution in [0.25, 0.3) is 0 Å². The third-order valence-corrected chi connectivity index (χ3v) is 5.08. The van der Waals surface area contributed by atoms with Crippen molar-refractivity contribution in [3.05, 3.63) is 24.3 Å². The van der Waals surface area contributed by atoms with Gasteiger partial charge in [-0.05, 0) is 36.1 Å². The summed E-state index contributed by atoms with van der Waals surface area (Å²) in [5.41, 5.74) is 6.11. The third kappa shape index (κ3) is 4.80. The lowest BCUT2D eigenvalue weighted by atomic mass is 9.80. The molecular weight excluding hydrogens is 320 g/mol. The minimum Gasteiger partial charge on any atom is -0.497 e. The number of likely N-dealkylation sites (tertiary alicyclic amines) is 1. The van der Waals surface area contributed by atoms with Crippen molar-refractivity contribution in [3.63, 3.8) is 0 Å². The maximum Gasteiger partial charge on any atom is 0.232 e. The van der Waals surface area contributed by atoms with E-state index in [2.05, 4.69) is 13.8 Å². The maximum atomic E-state index is 12.3. The second-order valence-corrected chi connectivity index (χ2v) is 7.21. The molecule has 0 aromatic heterocycles. The molecule has 124 valence electrons. The van der Waals surface area contributed by atoms with Gasteiger partial charge in [0.25, 0.3) is 0 Å². The lowest BCUT2D eigenvalue weighted by molar-refractivity contribution is -0.131. The van der Waals surface area contributed by atoms with Crippen molar-refractivity contribution in [2.24, 2.45) is 11.1 Å². The molecule has 4 nitrogen and oxygen atoms in total. The van der Waals surface area contributed by atoms with Crippen LogP contribution in [-0.2, 0) is 4.79 Å². The summed E-state index contributed by atoms with van der Waals surface area (Å²) >= 11 is 1.56. The second-order valence-electron chi connectivity index (χ2n) is 6.16. The van der Waals surface area contributed by atoms with Crippen molar-refractivity contribution in [3.8, 4) is 5.75 Å². The van der Waals surface area contributed by atoms with Crippen LogP contribution < -0.4 is 10.5 Å². The molecule has 0 radical (unpaired) electrons. The number of piperidine rings is 1. The Balaban J connectivity index is 0.00000242. The fraction of sp³-hybridized carbons (Fsp3) is 0.562. The first-order chi connectivity index (χ1) is 9.92. The second kappa shape index (κ2) is 8.09. The van der Waals surface area contributed by atoms with E-state index in [0.717, 1.165) is 30.2 Å². The first-order valence-electron chi connectivity index (χ1n) is 7.22. The molecule has 0 aliphatic carbocycles. The maximum absolute atomic E-state index is 12.3. The molecule has 2 N–H and O–H groups in total. The summed E-state index contributed by atoms with van der Waals surface area (Å²) in [5, 5.41) is 0. The van der Waals surface area contributed by atoms with Gasteiger partial charge in [-0.2, -0.15) is 0 Å². The van der Waals surface area contributed by atoms with Gasteiger partial charge in [0.15, 0.2) is 0 Å². The van der Waals surface area contributed by atoms with Crippen LogP contribution in [0, 0.1) is 5.41 Å². The number of amides is 1. The molecule has 1 heterocycles. The monoisotopic (exact) mass is 344 g/mol. The zero-order valence-electron chi connectivity index (χ0n) is 13.4. The summed E-state index contributed by atoms with van der Waals surface area (Å²) in [6.45, 7) is 5.78. The Bertz CT molecular complexity index is 493. The molecule has 1 atom stereocenters. The summed E-state index contributed by atoms with van der Waals surface area (Å²) in [5.74, 6) is 1.49. The highest BCUT2D eigenvalue weighted by atomic mass is 35.5. The number of carbonyl (C=O) groups excluding carboxylic acids is 1. The van der Waals surface area contributed by atoms with Crippen molar-refractivity contribution in [2.75, 3.05) is 26.0 Å². The number of methoxy groups -OCH3 is 1. The van der Waals surface area contributed by atoms with E-state index in [4.69, 9.17) is 10.5 Å². The van der Waals surface area contributed by atoms with E-state index in [1.54, 1.807) is 18.9 Å². The quantitative estimate of drug-likeness (QED) is 0.853. The number of nitrogens with zero attached hydrogens (tertiary/aromatic N) is 1. The Morgan fingerprint density at radius 2 is 2.05 bits per heavy atom. The van der Waals surface area contributed by atoms with Gasteiger partial charge in [-0.25, -0.2) is 0 Å². The number of carbonyl (C=O) groups is 1. The summed E-state index contributed by atoms with van der Waals surface area (Å²) in [6, 6.07) is 7.96. The fourth-order valence-electron chi connectivity index (χ4n) is 2.50. The van der Waals surface area contributed by atoms with E-state index < -0.39 is 0 Å². The average molecular weight is 345 g/mol. The van der Waals surface area contributed by atoms with E-state index in [9.17, 15) is 4.79 Å². The molecule has 6 heteroatoms. The van der Waals surface area contributed by atoms with E-state index >= 15 is 0 Å². The van der Waals surface area contributed by atoms with E-state index in [0.29, 0.717) is 5.75 Å². The van der Waals surface area contributed by atoms with Gasteiger partial charge >= 0.3 is 0 Å². The lowest BCUT2D eigenvalue weighted by Gasteiger charge is -2.42. The van der Waals surface area contributed by atoms with Crippen LogP contribution in [0.3, 0.4) is 0 Å². The molecule has 2 rings (SSSR count). The van der Waals surface area contributed by atoms with Crippen LogP contribution in [0.1, 0.15) is 20.3 Å². The van der Waals surface area contributed by atoms with E-state index in [1.165, 1.54) is 0 Å². The number of halogens is 1. The van der Waals surface area contributed by atoms with Gasteiger partial charge in [0, 0.05) is 24.0 Å². The largest absolute Gasteiger partial charge is 0.497 e. The van der Waals surface area contributed by atoms with Gasteiger partial charge in [0.05, 0.1) is 12.9 Å². The van der Waals surface area contributed by atoms with Crippen LogP contribution in [0.2, 0.25) is 0 Å². The number of thioether (sulfide) groups is 1. The fourth-order valence-corrected chi connectivity index (χ4v) is 3.30. The topological polar surface area (TPSA) is 55.6 Å². The van der Waals surface area contributed by atoms with E-state index in [1.807, 2.05) is 29.2 Å². The van der Waals surface area contributed by atoms with Crippen molar-refractivity contribution >= 4 is 30.1 Å². The number of rotatable bonds is 4. The van der Waals surface area contributed by atoms with E-state index in [-0.39, 0.29) is 29.8 Å². The highest BCUT2D eigenvalue weighted by molar-refractivity contribution is 8.00. The SMILES string of the molecule is COc1ccc(SCC(=O)N2CCC(N)C(C)(C)C2)cc1.Cl. The average Bonchev–Trinajstić information content (AvgIpc) is 2.48. The Hall–Kier alpha value is -0.910. The molecule has 1 aromatic carbocycles. The number of nitrogens with two attached hydrogens (primary N) is 1. The zero-order valence-corrected chi connectivity index (χ0v) is 15.0. The number of hydrogen-bond acceptors (Lipinski definition) is 4. The molecule has 1 unspecified atom stereocenters. The molecule has 1 aromatic rings. The Kier molecular flexibility index (Phi) is 7.03. The first kappa shape index (κ1) is 19.1.